The van der Waals surface area contributed by atoms with Crippen molar-refractivity contribution in [3.8, 4) is 11.5 Å². The van der Waals surface area contributed by atoms with Crippen LogP contribution in [-0.2, 0) is 4.79 Å². The maximum atomic E-state index is 14.0. The summed E-state index contributed by atoms with van der Waals surface area (Å²) in [5.74, 6) is 3.02. The van der Waals surface area contributed by atoms with Crippen molar-refractivity contribution >= 4 is 45.2 Å². The number of amides is 1. The Balaban J connectivity index is 1.81. The van der Waals surface area contributed by atoms with E-state index in [2.05, 4.69) is 47.3 Å². The summed E-state index contributed by atoms with van der Waals surface area (Å²) < 4.78 is 14.8. The Labute approximate surface area is 249 Å². The summed E-state index contributed by atoms with van der Waals surface area (Å²) in [7, 11) is 0. The van der Waals surface area contributed by atoms with Crippen LogP contribution in [0.15, 0.2) is 51.2 Å². The van der Waals surface area contributed by atoms with Gasteiger partial charge in [0.2, 0.25) is 11.1 Å². The number of fused-ring (bicyclic) bond motifs is 1. The van der Waals surface area contributed by atoms with E-state index in [-0.39, 0.29) is 5.91 Å². The number of hydrogen-bond acceptors (Lipinski definition) is 7. The number of aryl methyl sites for hydroxylation is 1. The molecule has 1 unspecified atom stereocenters. The molecule has 0 saturated heterocycles. The molecule has 214 valence electrons. The molecule has 1 aliphatic rings. The monoisotopic (exact) mass is 627 g/mol. The molecule has 8 nitrogen and oxygen atoms in total. The topological polar surface area (TPSA) is 90.3 Å². The summed E-state index contributed by atoms with van der Waals surface area (Å²) in [5.41, 5.74) is 5.02. The predicted octanol–water partition coefficient (Wildman–Crippen LogP) is 7.52. The summed E-state index contributed by atoms with van der Waals surface area (Å²) >= 11 is 5.28. The van der Waals surface area contributed by atoms with Crippen molar-refractivity contribution in [2.45, 2.75) is 66.1 Å². The van der Waals surface area contributed by atoms with Crippen LogP contribution in [0.4, 0.5) is 11.6 Å². The molecule has 40 heavy (non-hydrogen) atoms. The number of benzene rings is 2. The van der Waals surface area contributed by atoms with Crippen molar-refractivity contribution in [1.82, 2.24) is 14.8 Å². The van der Waals surface area contributed by atoms with E-state index in [1.165, 1.54) is 0 Å². The summed E-state index contributed by atoms with van der Waals surface area (Å²) in [4.78, 5) is 18.7. The Hall–Kier alpha value is -2.98. The van der Waals surface area contributed by atoms with Gasteiger partial charge in [-0.2, -0.15) is 4.98 Å². The largest absolute Gasteiger partial charge is 0.490 e. The standard InChI is InChI=1S/C30H38BrN5O3S/c1-8-38-24-16-21(15-22(31)27(24)39-14-13-17(3)4)26-25(28(37)33-23-12-10-11-18(5)19(23)6)20(7)32-29-34-30(40-9-2)35-36(26)29/h10-12,15-17,26H,8-9,13-14H2,1-7H3,(H,33,37)(H,32,34,35). The predicted molar refractivity (Wildman–Crippen MR) is 166 cm³/mol. The fraction of sp³-hybridized carbons (Fsp3) is 0.433. The third kappa shape index (κ3) is 6.49. The van der Waals surface area contributed by atoms with E-state index in [9.17, 15) is 4.79 Å². The number of thioether (sulfide) groups is 1. The number of rotatable bonds is 11. The third-order valence-electron chi connectivity index (χ3n) is 6.79. The number of carbonyl (C=O) groups excluding carboxylic acids is 1. The Morgan fingerprint density at radius 3 is 2.67 bits per heavy atom. The first kappa shape index (κ1) is 30.0. The van der Waals surface area contributed by atoms with Crippen LogP contribution >= 0.6 is 27.7 Å². The maximum absolute atomic E-state index is 14.0. The first-order valence-electron chi connectivity index (χ1n) is 13.7. The molecule has 4 rings (SSSR count). The third-order valence-corrected chi connectivity index (χ3v) is 8.10. The molecule has 10 heteroatoms. The number of nitrogens with zero attached hydrogens (tertiary/aromatic N) is 3. The van der Waals surface area contributed by atoms with Crippen LogP contribution < -0.4 is 20.1 Å². The van der Waals surface area contributed by atoms with Crippen molar-refractivity contribution in [3.63, 3.8) is 0 Å². The van der Waals surface area contributed by atoms with Gasteiger partial charge in [-0.3, -0.25) is 4.79 Å². The lowest BCUT2D eigenvalue weighted by Gasteiger charge is -2.29. The van der Waals surface area contributed by atoms with Crippen LogP contribution in [0.5, 0.6) is 11.5 Å². The quantitative estimate of drug-likeness (QED) is 0.212. The molecule has 2 heterocycles. The van der Waals surface area contributed by atoms with E-state index in [0.717, 1.165) is 39.0 Å². The summed E-state index contributed by atoms with van der Waals surface area (Å²) in [6, 6.07) is 9.30. The molecule has 2 N–H and O–H groups in total. The average molecular weight is 629 g/mol. The van der Waals surface area contributed by atoms with Gasteiger partial charge in [-0.25, -0.2) is 4.68 Å². The Morgan fingerprint density at radius 2 is 1.98 bits per heavy atom. The molecule has 1 aromatic heterocycles. The van der Waals surface area contributed by atoms with Gasteiger partial charge in [0.25, 0.3) is 5.91 Å². The highest BCUT2D eigenvalue weighted by molar-refractivity contribution is 9.10. The number of nitrogens with one attached hydrogen (secondary N) is 2. The second-order valence-corrected chi connectivity index (χ2v) is 12.2. The molecule has 0 bridgehead atoms. The molecular weight excluding hydrogens is 590 g/mol. The maximum Gasteiger partial charge on any atom is 0.255 e. The normalized spacial score (nSPS) is 14.7. The minimum absolute atomic E-state index is 0.208. The van der Waals surface area contributed by atoms with E-state index in [1.54, 1.807) is 16.4 Å². The molecule has 0 fully saturated rings. The van der Waals surface area contributed by atoms with E-state index >= 15 is 0 Å². The molecular formula is C30H38BrN5O3S. The Morgan fingerprint density at radius 1 is 1.20 bits per heavy atom. The number of carbonyl (C=O) groups is 1. The van der Waals surface area contributed by atoms with Gasteiger partial charge in [0.05, 0.1) is 23.3 Å². The number of ether oxygens (including phenoxy) is 2. The zero-order chi connectivity index (χ0) is 29.0. The second kappa shape index (κ2) is 13.1. The molecule has 0 radical (unpaired) electrons. The summed E-state index contributed by atoms with van der Waals surface area (Å²) in [6.45, 7) is 15.3. The first-order chi connectivity index (χ1) is 19.1. The number of halogens is 1. The summed E-state index contributed by atoms with van der Waals surface area (Å²) in [6.07, 6.45) is 0.929. The van der Waals surface area contributed by atoms with Crippen LogP contribution in [0.25, 0.3) is 0 Å². The molecule has 1 aliphatic heterocycles. The molecule has 0 saturated carbocycles. The van der Waals surface area contributed by atoms with Gasteiger partial charge < -0.3 is 20.1 Å². The zero-order valence-electron chi connectivity index (χ0n) is 24.2. The highest BCUT2D eigenvalue weighted by Crippen LogP contribution is 2.43. The van der Waals surface area contributed by atoms with Crippen LogP contribution in [0.2, 0.25) is 0 Å². The van der Waals surface area contributed by atoms with Crippen molar-refractivity contribution in [2.75, 3.05) is 29.6 Å². The van der Waals surface area contributed by atoms with Crippen molar-refractivity contribution in [2.24, 2.45) is 5.92 Å². The van der Waals surface area contributed by atoms with Gasteiger partial charge in [0.1, 0.15) is 6.04 Å². The van der Waals surface area contributed by atoms with Gasteiger partial charge >= 0.3 is 0 Å². The molecule has 3 aromatic rings. The molecule has 1 atom stereocenters. The van der Waals surface area contributed by atoms with Crippen LogP contribution in [0.3, 0.4) is 0 Å². The van der Waals surface area contributed by atoms with Gasteiger partial charge in [0.15, 0.2) is 11.5 Å². The van der Waals surface area contributed by atoms with Gasteiger partial charge in [0, 0.05) is 11.4 Å². The average Bonchev–Trinajstić information content (AvgIpc) is 3.29. The minimum atomic E-state index is -0.541. The molecule has 2 aromatic carbocycles. The lowest BCUT2D eigenvalue weighted by Crippen LogP contribution is -2.31. The van der Waals surface area contributed by atoms with Crippen molar-refractivity contribution < 1.29 is 14.3 Å². The SMILES string of the molecule is CCOc1cc(C2C(C(=O)Nc3cccc(C)c3C)=C(C)Nc3nc(SCC)nn32)cc(Br)c1OCCC(C)C. The lowest BCUT2D eigenvalue weighted by atomic mass is 9.94. The summed E-state index contributed by atoms with van der Waals surface area (Å²) in [5, 5.41) is 11.9. The number of aromatic nitrogens is 3. The van der Waals surface area contributed by atoms with Crippen molar-refractivity contribution in [3.05, 3.63) is 62.8 Å². The highest BCUT2D eigenvalue weighted by atomic mass is 79.9. The molecule has 1 amide bonds. The first-order valence-corrected chi connectivity index (χ1v) is 15.5. The van der Waals surface area contributed by atoms with Crippen LogP contribution in [-0.4, -0.2) is 39.6 Å². The van der Waals surface area contributed by atoms with Gasteiger partial charge in [-0.15, -0.1) is 5.10 Å². The Kier molecular flexibility index (Phi) is 9.84. The number of anilines is 2. The van der Waals surface area contributed by atoms with Crippen molar-refractivity contribution in [1.29, 1.82) is 0 Å². The highest BCUT2D eigenvalue weighted by Gasteiger charge is 2.35. The van der Waals surface area contributed by atoms with Crippen LogP contribution in [0, 0.1) is 19.8 Å². The van der Waals surface area contributed by atoms with E-state index < -0.39 is 6.04 Å². The van der Waals surface area contributed by atoms with E-state index in [1.807, 2.05) is 58.0 Å². The van der Waals surface area contributed by atoms with E-state index in [4.69, 9.17) is 19.6 Å². The number of allylic oxidation sites excluding steroid dienone is 1. The second-order valence-electron chi connectivity index (χ2n) is 10.2. The zero-order valence-corrected chi connectivity index (χ0v) is 26.6. The van der Waals surface area contributed by atoms with Gasteiger partial charge in [-0.05, 0) is 96.6 Å². The van der Waals surface area contributed by atoms with E-state index in [0.29, 0.717) is 53.0 Å². The molecule has 0 aliphatic carbocycles. The lowest BCUT2D eigenvalue weighted by molar-refractivity contribution is -0.113. The molecule has 0 spiro atoms. The smallest absolute Gasteiger partial charge is 0.255 e. The fourth-order valence-corrected chi connectivity index (χ4v) is 5.67. The van der Waals surface area contributed by atoms with Crippen LogP contribution in [0.1, 0.15) is 63.8 Å². The Bertz CT molecular complexity index is 1420. The minimum Gasteiger partial charge on any atom is -0.490 e. The fourth-order valence-electron chi connectivity index (χ4n) is 4.55. The number of hydrogen-bond donors (Lipinski definition) is 2. The van der Waals surface area contributed by atoms with Gasteiger partial charge in [-0.1, -0.05) is 44.7 Å².